The molecule has 1 fully saturated rings. The molecule has 1 saturated carbocycles. The van der Waals surface area contributed by atoms with Crippen LogP contribution in [0.5, 0.6) is 0 Å². The normalized spacial score (nSPS) is 32.8. The number of fused-ring (bicyclic) bond motifs is 6. The molecule has 0 nitrogen and oxygen atoms in total. The third kappa shape index (κ3) is 6.45. The van der Waals surface area contributed by atoms with E-state index in [1.807, 2.05) is 0 Å². The maximum atomic E-state index is 2.52. The van der Waals surface area contributed by atoms with Crippen molar-refractivity contribution in [1.82, 2.24) is 0 Å². The van der Waals surface area contributed by atoms with E-state index >= 15 is 0 Å². The van der Waals surface area contributed by atoms with Gasteiger partial charge in [0.15, 0.2) is 0 Å². The summed E-state index contributed by atoms with van der Waals surface area (Å²) in [5, 5.41) is 0. The van der Waals surface area contributed by atoms with Crippen LogP contribution in [0, 0.1) is 11.8 Å². The van der Waals surface area contributed by atoms with Gasteiger partial charge in [0.1, 0.15) is 0 Å². The van der Waals surface area contributed by atoms with Gasteiger partial charge in [-0.15, -0.1) is 0 Å². The first-order valence-electron chi connectivity index (χ1n) is 8.77. The summed E-state index contributed by atoms with van der Waals surface area (Å²) in [7, 11) is 0. The van der Waals surface area contributed by atoms with Gasteiger partial charge in [0.2, 0.25) is 0 Å². The molecule has 0 amide bonds. The van der Waals surface area contributed by atoms with Crippen LogP contribution in [0.25, 0.3) is 0 Å². The quantitative estimate of drug-likeness (QED) is 0.440. The predicted octanol–water partition coefficient (Wildman–Crippen LogP) is 6.43. The van der Waals surface area contributed by atoms with Crippen molar-refractivity contribution in [1.29, 1.82) is 0 Å². The monoisotopic (exact) mass is 260 g/mol. The molecule has 2 aliphatic rings. The average Bonchev–Trinajstić information content (AvgIpc) is 2.46. The number of hydrogen-bond donors (Lipinski definition) is 0. The van der Waals surface area contributed by atoms with Crippen molar-refractivity contribution in [2.24, 2.45) is 11.8 Å². The zero-order chi connectivity index (χ0) is 13.2. The van der Waals surface area contributed by atoms with Crippen LogP contribution in [0.3, 0.4) is 0 Å². The SMILES string of the molecule is C1=CCC2CCCCCCC(/C=C/C1)CCCCC2. The Morgan fingerprint density at radius 3 is 1.95 bits per heavy atom. The first-order chi connectivity index (χ1) is 9.45. The maximum Gasteiger partial charge on any atom is -0.0169 e. The summed E-state index contributed by atoms with van der Waals surface area (Å²) in [5.41, 5.74) is 0. The molecule has 0 aliphatic heterocycles. The van der Waals surface area contributed by atoms with Crippen LogP contribution in [-0.4, -0.2) is 0 Å². The molecule has 2 rings (SSSR count). The highest BCUT2D eigenvalue weighted by molar-refractivity contribution is 4.96. The molecule has 2 aliphatic carbocycles. The van der Waals surface area contributed by atoms with Crippen LogP contribution < -0.4 is 0 Å². The molecule has 0 aromatic rings. The van der Waals surface area contributed by atoms with Crippen molar-refractivity contribution < 1.29 is 0 Å². The molecule has 0 heterocycles. The molecule has 108 valence electrons. The Hall–Kier alpha value is -0.520. The minimum atomic E-state index is 0.866. The zero-order valence-corrected chi connectivity index (χ0v) is 12.7. The fourth-order valence-corrected chi connectivity index (χ4v) is 3.66. The number of hydrogen-bond acceptors (Lipinski definition) is 0. The van der Waals surface area contributed by atoms with Crippen LogP contribution in [0.4, 0.5) is 0 Å². The average molecular weight is 260 g/mol. The van der Waals surface area contributed by atoms with Gasteiger partial charge in [-0.2, -0.15) is 0 Å². The molecular weight excluding hydrogens is 228 g/mol. The summed E-state index contributed by atoms with van der Waals surface area (Å²) in [6.07, 6.45) is 28.3. The van der Waals surface area contributed by atoms with E-state index in [4.69, 9.17) is 0 Å². The first kappa shape index (κ1) is 14.9. The van der Waals surface area contributed by atoms with E-state index in [-0.39, 0.29) is 0 Å². The largest absolute Gasteiger partial charge is 0.0880 e. The summed E-state index contributed by atoms with van der Waals surface area (Å²) >= 11 is 0. The summed E-state index contributed by atoms with van der Waals surface area (Å²) in [5.74, 6) is 1.84. The van der Waals surface area contributed by atoms with Crippen molar-refractivity contribution in [3.63, 3.8) is 0 Å². The Labute approximate surface area is 120 Å². The molecule has 2 unspecified atom stereocenters. The van der Waals surface area contributed by atoms with E-state index < -0.39 is 0 Å². The molecule has 2 atom stereocenters. The first-order valence-corrected chi connectivity index (χ1v) is 8.77. The third-order valence-corrected chi connectivity index (χ3v) is 4.94. The van der Waals surface area contributed by atoms with Gasteiger partial charge >= 0.3 is 0 Å². The summed E-state index contributed by atoms with van der Waals surface area (Å²) in [6, 6.07) is 0. The fourth-order valence-electron chi connectivity index (χ4n) is 3.66. The summed E-state index contributed by atoms with van der Waals surface area (Å²) < 4.78 is 0. The van der Waals surface area contributed by atoms with E-state index in [2.05, 4.69) is 24.3 Å². The Bertz CT molecular complexity index is 270. The highest BCUT2D eigenvalue weighted by atomic mass is 14.2. The highest BCUT2D eigenvalue weighted by Crippen LogP contribution is 2.26. The minimum absolute atomic E-state index is 0.866. The van der Waals surface area contributed by atoms with Crippen molar-refractivity contribution in [3.05, 3.63) is 24.3 Å². The van der Waals surface area contributed by atoms with E-state index in [1.165, 1.54) is 77.0 Å². The highest BCUT2D eigenvalue weighted by Gasteiger charge is 2.10. The van der Waals surface area contributed by atoms with Gasteiger partial charge in [0, 0.05) is 0 Å². The molecule has 0 aromatic heterocycles. The maximum absolute atomic E-state index is 2.52. The second-order valence-corrected chi connectivity index (χ2v) is 6.63. The number of allylic oxidation sites excluding steroid dienone is 4. The zero-order valence-electron chi connectivity index (χ0n) is 12.7. The van der Waals surface area contributed by atoms with Gasteiger partial charge in [-0.3, -0.25) is 0 Å². The van der Waals surface area contributed by atoms with E-state index in [0.29, 0.717) is 0 Å². The van der Waals surface area contributed by atoms with E-state index in [0.717, 1.165) is 18.3 Å². The van der Waals surface area contributed by atoms with Gasteiger partial charge in [-0.25, -0.2) is 0 Å². The number of rotatable bonds is 0. The van der Waals surface area contributed by atoms with Crippen LogP contribution >= 0.6 is 0 Å². The van der Waals surface area contributed by atoms with Crippen molar-refractivity contribution in [2.75, 3.05) is 0 Å². The van der Waals surface area contributed by atoms with Crippen LogP contribution in [-0.2, 0) is 0 Å². The molecule has 0 N–H and O–H groups in total. The Balaban J connectivity index is 2.00. The van der Waals surface area contributed by atoms with Gasteiger partial charge < -0.3 is 0 Å². The minimum Gasteiger partial charge on any atom is -0.0880 e. The standard InChI is InChI=1S/C19H32/c1-2-7-13-19-15-9-4-3-8-14-18(12-6-1)16-10-5-11-17-19/h1,6-7,13,18-19H,2-5,8-12,14-17H2/b6-1?,13-7+. The Morgan fingerprint density at radius 2 is 1.21 bits per heavy atom. The van der Waals surface area contributed by atoms with Gasteiger partial charge in [0.05, 0.1) is 0 Å². The molecule has 0 aromatic carbocycles. The molecule has 0 heteroatoms. The lowest BCUT2D eigenvalue weighted by molar-refractivity contribution is 0.410. The van der Waals surface area contributed by atoms with Crippen molar-refractivity contribution in [3.8, 4) is 0 Å². The van der Waals surface area contributed by atoms with Crippen LogP contribution in [0.2, 0.25) is 0 Å². The smallest absolute Gasteiger partial charge is 0.0169 e. The summed E-state index contributed by atoms with van der Waals surface area (Å²) in [4.78, 5) is 0. The van der Waals surface area contributed by atoms with E-state index in [1.54, 1.807) is 0 Å². The molecular formula is C19H32. The second-order valence-electron chi connectivity index (χ2n) is 6.63. The summed E-state index contributed by atoms with van der Waals surface area (Å²) in [6.45, 7) is 0. The van der Waals surface area contributed by atoms with Crippen LogP contribution in [0.15, 0.2) is 24.3 Å². The molecule has 0 radical (unpaired) electrons. The lowest BCUT2D eigenvalue weighted by Gasteiger charge is -2.14. The topological polar surface area (TPSA) is 0 Å². The molecule has 19 heavy (non-hydrogen) atoms. The molecule has 0 saturated heterocycles. The lowest BCUT2D eigenvalue weighted by atomic mass is 9.91. The fraction of sp³-hybridized carbons (Fsp3) is 0.789. The third-order valence-electron chi connectivity index (χ3n) is 4.94. The van der Waals surface area contributed by atoms with Crippen molar-refractivity contribution in [2.45, 2.75) is 83.5 Å². The Kier molecular flexibility index (Phi) is 7.36. The molecule has 0 spiro atoms. The van der Waals surface area contributed by atoms with Crippen molar-refractivity contribution >= 4 is 0 Å². The van der Waals surface area contributed by atoms with E-state index in [9.17, 15) is 0 Å². The lowest BCUT2D eigenvalue weighted by Crippen LogP contribution is -1.99. The van der Waals surface area contributed by atoms with Gasteiger partial charge in [-0.1, -0.05) is 82.1 Å². The molecule has 2 bridgehead atoms. The predicted molar refractivity (Wildman–Crippen MR) is 85.3 cm³/mol. The Morgan fingerprint density at radius 1 is 0.579 bits per heavy atom. The second kappa shape index (κ2) is 9.39. The van der Waals surface area contributed by atoms with Gasteiger partial charge in [0.25, 0.3) is 0 Å². The van der Waals surface area contributed by atoms with Crippen LogP contribution in [0.1, 0.15) is 83.5 Å². The van der Waals surface area contributed by atoms with Gasteiger partial charge in [-0.05, 0) is 37.5 Å².